The van der Waals surface area contributed by atoms with Gasteiger partial charge in [0, 0.05) is 38.9 Å². The van der Waals surface area contributed by atoms with E-state index in [0.717, 1.165) is 17.1 Å². The molecule has 1 aliphatic rings. The molecule has 11 rings (SSSR count). The first-order valence-corrected chi connectivity index (χ1v) is 18.5. The number of nitrogens with zero attached hydrogens (tertiary/aromatic N) is 2. The van der Waals surface area contributed by atoms with Crippen molar-refractivity contribution in [3.63, 3.8) is 0 Å². The lowest BCUT2D eigenvalue weighted by Crippen LogP contribution is -2.14. The lowest BCUT2D eigenvalue weighted by Gasteiger charge is -2.25. The van der Waals surface area contributed by atoms with Crippen molar-refractivity contribution in [3.8, 4) is 16.8 Å². The van der Waals surface area contributed by atoms with Gasteiger partial charge in [0.05, 0.1) is 11.0 Å². The molecule has 0 saturated carbocycles. The Morgan fingerprint density at radius 1 is 0.358 bits per heavy atom. The van der Waals surface area contributed by atoms with Gasteiger partial charge in [0.2, 0.25) is 0 Å². The van der Waals surface area contributed by atoms with Gasteiger partial charge in [-0.15, -0.1) is 0 Å². The maximum atomic E-state index is 2.51. The second-order valence-corrected chi connectivity index (χ2v) is 14.9. The first-order chi connectivity index (χ1) is 26.1. The summed E-state index contributed by atoms with van der Waals surface area (Å²) in [6.07, 6.45) is 0. The third kappa shape index (κ3) is 4.33. The SMILES string of the molecule is CC1(C)c2ccccc2-c2cc3c4cc(N(c5ccccc5)c5ccccc5)ccc4n(-c4ccc5c6ccccc6c6ccccc6c5c4)c3cc21. The summed E-state index contributed by atoms with van der Waals surface area (Å²) in [6, 6.07) is 67.1. The largest absolute Gasteiger partial charge is 0.310 e. The Hall–Kier alpha value is -6.64. The van der Waals surface area contributed by atoms with E-state index < -0.39 is 0 Å². The monoisotopic (exact) mass is 676 g/mol. The van der Waals surface area contributed by atoms with E-state index >= 15 is 0 Å². The van der Waals surface area contributed by atoms with E-state index in [-0.39, 0.29) is 5.41 Å². The van der Waals surface area contributed by atoms with Gasteiger partial charge in [-0.05, 0) is 121 Å². The first-order valence-electron chi connectivity index (χ1n) is 18.5. The molecule has 0 spiro atoms. The van der Waals surface area contributed by atoms with Crippen molar-refractivity contribution in [2.75, 3.05) is 4.90 Å². The van der Waals surface area contributed by atoms with Gasteiger partial charge in [-0.1, -0.05) is 129 Å². The van der Waals surface area contributed by atoms with Crippen molar-refractivity contribution in [1.29, 1.82) is 0 Å². The van der Waals surface area contributed by atoms with Crippen molar-refractivity contribution < 1.29 is 0 Å². The topological polar surface area (TPSA) is 8.17 Å². The molecule has 0 atom stereocenters. The van der Waals surface area contributed by atoms with E-state index in [9.17, 15) is 0 Å². The molecule has 250 valence electrons. The first kappa shape index (κ1) is 30.0. The van der Waals surface area contributed by atoms with Crippen LogP contribution in [-0.4, -0.2) is 4.57 Å². The molecule has 0 radical (unpaired) electrons. The normalized spacial score (nSPS) is 13.2. The summed E-state index contributed by atoms with van der Waals surface area (Å²) in [7, 11) is 0. The second kappa shape index (κ2) is 11.2. The number of rotatable bonds is 4. The van der Waals surface area contributed by atoms with Crippen LogP contribution in [0.2, 0.25) is 0 Å². The second-order valence-electron chi connectivity index (χ2n) is 14.9. The average molecular weight is 677 g/mol. The van der Waals surface area contributed by atoms with Crippen LogP contribution in [0.15, 0.2) is 182 Å². The zero-order chi connectivity index (χ0) is 35.3. The number of anilines is 3. The van der Waals surface area contributed by atoms with E-state index in [1.165, 1.54) is 82.1 Å². The summed E-state index contributed by atoms with van der Waals surface area (Å²) < 4.78 is 2.51. The molecule has 0 saturated heterocycles. The molecule has 0 N–H and O–H groups in total. The molecular weight excluding hydrogens is 641 g/mol. The van der Waals surface area contributed by atoms with E-state index in [4.69, 9.17) is 0 Å². The van der Waals surface area contributed by atoms with Crippen LogP contribution in [-0.2, 0) is 5.41 Å². The summed E-state index contributed by atoms with van der Waals surface area (Å²) in [5.41, 5.74) is 12.3. The fourth-order valence-corrected chi connectivity index (χ4v) is 9.25. The summed E-state index contributed by atoms with van der Waals surface area (Å²) in [6.45, 7) is 4.75. The van der Waals surface area contributed by atoms with Gasteiger partial charge in [-0.25, -0.2) is 0 Å². The number of aromatic nitrogens is 1. The fraction of sp³-hybridized carbons (Fsp3) is 0.0588. The van der Waals surface area contributed by atoms with Crippen LogP contribution < -0.4 is 4.90 Å². The number of benzene rings is 9. The molecular formula is C51H36N2. The molecule has 1 aliphatic carbocycles. The van der Waals surface area contributed by atoms with E-state index in [1.54, 1.807) is 0 Å². The third-order valence-corrected chi connectivity index (χ3v) is 11.7. The highest BCUT2D eigenvalue weighted by atomic mass is 15.1. The predicted molar refractivity (Wildman–Crippen MR) is 226 cm³/mol. The van der Waals surface area contributed by atoms with Gasteiger partial charge in [0.25, 0.3) is 0 Å². The Morgan fingerprint density at radius 2 is 0.906 bits per heavy atom. The number of hydrogen-bond donors (Lipinski definition) is 0. The van der Waals surface area contributed by atoms with Gasteiger partial charge >= 0.3 is 0 Å². The molecule has 0 bridgehead atoms. The number of para-hydroxylation sites is 2. The minimum atomic E-state index is -0.109. The maximum absolute atomic E-state index is 2.51. The summed E-state index contributed by atoms with van der Waals surface area (Å²) in [5.74, 6) is 0. The lowest BCUT2D eigenvalue weighted by molar-refractivity contribution is 0.661. The Bertz CT molecular complexity index is 3000. The Labute approximate surface area is 308 Å². The molecule has 53 heavy (non-hydrogen) atoms. The smallest absolute Gasteiger partial charge is 0.0544 e. The number of fused-ring (bicyclic) bond motifs is 12. The van der Waals surface area contributed by atoms with Crippen LogP contribution in [0.3, 0.4) is 0 Å². The summed E-state index contributed by atoms with van der Waals surface area (Å²) >= 11 is 0. The van der Waals surface area contributed by atoms with Crippen LogP contribution in [0.4, 0.5) is 17.1 Å². The Balaban J connectivity index is 1.23. The molecule has 2 heteroatoms. The van der Waals surface area contributed by atoms with Crippen molar-refractivity contribution in [3.05, 3.63) is 193 Å². The Morgan fingerprint density at radius 3 is 1.57 bits per heavy atom. The lowest BCUT2D eigenvalue weighted by atomic mass is 9.82. The zero-order valence-corrected chi connectivity index (χ0v) is 29.7. The van der Waals surface area contributed by atoms with Gasteiger partial charge in [-0.3, -0.25) is 0 Å². The standard InChI is InChI=1S/C51H36N2/c1-51(2)47-24-14-13-23-42(47)44-31-46-45-30-35(52(33-15-5-3-6-16-33)34-17-7-4-8-18-34)26-28-49(45)53(50(46)32-48(44)51)36-25-27-41-39-21-10-9-19-37(39)38-20-11-12-22-40(38)43(41)29-36/h3-32H,1-2H3. The molecule has 2 nitrogen and oxygen atoms in total. The minimum Gasteiger partial charge on any atom is -0.310 e. The molecule has 9 aromatic carbocycles. The van der Waals surface area contributed by atoms with Crippen LogP contribution in [0.5, 0.6) is 0 Å². The van der Waals surface area contributed by atoms with E-state index in [0.29, 0.717) is 0 Å². The van der Waals surface area contributed by atoms with Crippen LogP contribution in [0, 0.1) is 0 Å². The highest BCUT2D eigenvalue weighted by Crippen LogP contribution is 2.51. The van der Waals surface area contributed by atoms with Gasteiger partial charge in [0.1, 0.15) is 0 Å². The molecule has 0 amide bonds. The maximum Gasteiger partial charge on any atom is 0.0544 e. The average Bonchev–Trinajstić information content (AvgIpc) is 3.65. The summed E-state index contributed by atoms with van der Waals surface area (Å²) in [5, 5.41) is 10.2. The predicted octanol–water partition coefficient (Wildman–Crippen LogP) is 14.0. The van der Waals surface area contributed by atoms with Crippen molar-refractivity contribution >= 4 is 71.2 Å². The van der Waals surface area contributed by atoms with E-state index in [1.807, 2.05) is 0 Å². The number of hydrogen-bond acceptors (Lipinski definition) is 1. The molecule has 1 aromatic heterocycles. The van der Waals surface area contributed by atoms with Crippen molar-refractivity contribution in [2.45, 2.75) is 19.3 Å². The molecule has 0 aliphatic heterocycles. The van der Waals surface area contributed by atoms with E-state index in [2.05, 4.69) is 205 Å². The van der Waals surface area contributed by atoms with Crippen LogP contribution >= 0.6 is 0 Å². The van der Waals surface area contributed by atoms with Gasteiger partial charge < -0.3 is 9.47 Å². The highest BCUT2D eigenvalue weighted by molar-refractivity contribution is 6.25. The zero-order valence-electron chi connectivity index (χ0n) is 29.7. The van der Waals surface area contributed by atoms with Crippen molar-refractivity contribution in [2.24, 2.45) is 0 Å². The molecule has 1 heterocycles. The molecule has 10 aromatic rings. The minimum absolute atomic E-state index is 0.109. The summed E-state index contributed by atoms with van der Waals surface area (Å²) in [4.78, 5) is 2.36. The molecule has 0 unspecified atom stereocenters. The Kier molecular flexibility index (Phi) is 6.33. The van der Waals surface area contributed by atoms with Gasteiger partial charge in [-0.2, -0.15) is 0 Å². The van der Waals surface area contributed by atoms with Crippen LogP contribution in [0.1, 0.15) is 25.0 Å². The third-order valence-electron chi connectivity index (χ3n) is 11.7. The quantitative estimate of drug-likeness (QED) is 0.168. The van der Waals surface area contributed by atoms with Crippen LogP contribution in [0.25, 0.3) is 70.9 Å². The van der Waals surface area contributed by atoms with Gasteiger partial charge in [0.15, 0.2) is 0 Å². The highest BCUT2D eigenvalue weighted by Gasteiger charge is 2.36. The molecule has 0 fully saturated rings. The van der Waals surface area contributed by atoms with Crippen molar-refractivity contribution in [1.82, 2.24) is 4.57 Å². The fourth-order valence-electron chi connectivity index (χ4n) is 9.25.